The third-order valence-corrected chi connectivity index (χ3v) is 36.6. The van der Waals surface area contributed by atoms with Crippen molar-refractivity contribution in [3.8, 4) is 0 Å². The molecule has 9 aliphatic heterocycles. The maximum atomic E-state index is 13.5. The van der Waals surface area contributed by atoms with Crippen LogP contribution in [-0.4, -0.2) is 119 Å². The molecule has 3 amide bonds. The lowest BCUT2D eigenvalue weighted by Gasteiger charge is -2.54. The molecule has 0 aromatic heterocycles. The van der Waals surface area contributed by atoms with Crippen molar-refractivity contribution in [2.75, 3.05) is 90.1 Å². The number of nitrogens with one attached hydrogen (secondary N) is 3. The van der Waals surface area contributed by atoms with Crippen LogP contribution in [-0.2, 0) is 59.6 Å². The van der Waals surface area contributed by atoms with E-state index in [1.54, 1.807) is 106 Å². The van der Waals surface area contributed by atoms with E-state index in [1.807, 2.05) is 130 Å². The molecule has 6 saturated heterocycles. The molecule has 15 nitrogen and oxygen atoms in total. The highest BCUT2D eigenvalue weighted by atomic mass is 32.2. The smallest absolute Gasteiger partial charge is 0.224 e. The van der Waals surface area contributed by atoms with E-state index in [9.17, 15) is 29.7 Å². The van der Waals surface area contributed by atoms with Crippen LogP contribution >= 0.6 is 106 Å². The van der Waals surface area contributed by atoms with E-state index in [2.05, 4.69) is 73.1 Å². The molecular formula is C78H81N3O12S9. The molecule has 9 heterocycles. The normalized spacial score (nSPS) is 33.0. The summed E-state index contributed by atoms with van der Waals surface area (Å²) in [4.78, 5) is 43.9. The van der Waals surface area contributed by atoms with Gasteiger partial charge in [0, 0.05) is 167 Å². The van der Waals surface area contributed by atoms with Gasteiger partial charge in [-0.1, -0.05) is 111 Å². The molecule has 3 unspecified atom stereocenters. The van der Waals surface area contributed by atoms with Crippen LogP contribution in [0.1, 0.15) is 130 Å². The van der Waals surface area contributed by atoms with Crippen LogP contribution < -0.4 is 16.0 Å². The van der Waals surface area contributed by atoms with Crippen molar-refractivity contribution in [2.24, 2.45) is 16.2 Å². The molecule has 16 rings (SSSR count). The van der Waals surface area contributed by atoms with Crippen molar-refractivity contribution >= 4 is 141 Å². The molecule has 6 N–H and O–H groups in total. The molecule has 534 valence electrons. The first-order valence-corrected chi connectivity index (χ1v) is 42.9. The Morgan fingerprint density at radius 1 is 0.353 bits per heavy atom. The number of ether oxygens (including phenoxy) is 6. The lowest BCUT2D eigenvalue weighted by atomic mass is 9.82. The van der Waals surface area contributed by atoms with Gasteiger partial charge in [0.15, 0.2) is 18.9 Å². The molecule has 0 radical (unpaired) electrons. The first kappa shape index (κ1) is 72.0. The number of carbonyl (C=O) groups is 3. The number of amides is 3. The number of rotatable bonds is 12. The molecule has 0 saturated carbocycles. The average molecular weight is 1540 g/mol. The van der Waals surface area contributed by atoms with E-state index in [-0.39, 0.29) is 34.0 Å². The van der Waals surface area contributed by atoms with Gasteiger partial charge in [-0.05, 0) is 112 Å². The number of hydrogen-bond acceptors (Lipinski definition) is 21. The number of hydrogen-bond donors (Lipinski definition) is 6. The summed E-state index contributed by atoms with van der Waals surface area (Å²) < 4.78 is 39.4. The summed E-state index contributed by atoms with van der Waals surface area (Å²) >= 11 is 15.3. The zero-order valence-electron chi connectivity index (χ0n) is 57.4. The minimum atomic E-state index is -1.41. The molecule has 3 atom stereocenters. The number of fused-ring (bicyclic) bond motifs is 6. The third-order valence-electron chi connectivity index (χ3n) is 21.4. The third kappa shape index (κ3) is 12.4. The molecule has 0 bridgehead atoms. The van der Waals surface area contributed by atoms with Crippen LogP contribution in [0.25, 0.3) is 0 Å². The van der Waals surface area contributed by atoms with Crippen LogP contribution in [0.2, 0.25) is 0 Å². The Kier molecular flexibility index (Phi) is 19.6. The fourth-order valence-electron chi connectivity index (χ4n) is 15.1. The van der Waals surface area contributed by atoms with Crippen LogP contribution in [0.15, 0.2) is 175 Å². The molecule has 7 aromatic carbocycles. The zero-order valence-corrected chi connectivity index (χ0v) is 64.7. The average Bonchev–Trinajstić information content (AvgIpc) is 0.718. The van der Waals surface area contributed by atoms with Crippen LogP contribution in [0.5, 0.6) is 0 Å². The fourth-order valence-corrected chi connectivity index (χ4v) is 28.7. The first-order chi connectivity index (χ1) is 49.1. The maximum Gasteiger partial charge on any atom is 0.224 e. The standard InChI is InChI=1S/C78H81N3O12S9/c1-7-64(82)79-49-22-25-61-55(31-49)76(85,52-16-10-13-19-58(52)100-61)70(4)94-40-73(41-95-70)34-88-67(89-35-73)46-28-47(68-90-36-74(37-91-68)42-96-71(5,97-43-74)77(86)53-17-11-14-20-59(53)101-62-26-23-50(32-56(62)77)80-65(83)8-2)30-48(29-46)69-92-38-75(39-93-69)44-98-72(6,99-45-75)78(87)54-18-12-15-21-60(54)102-63-27-24-51(33-57(63)78)81-66(84)9-3/h10-33,67-69,85-87H,7-9,34-45H2,1-6H3,(H,79,82)(H,80,83)(H,81,84). The van der Waals surface area contributed by atoms with Crippen LogP contribution in [0.4, 0.5) is 17.1 Å². The molecule has 9 aliphatic rings. The predicted octanol–water partition coefficient (Wildman–Crippen LogP) is 16.6. The second-order valence-electron chi connectivity index (χ2n) is 28.6. The van der Waals surface area contributed by atoms with Gasteiger partial charge in [-0.15, -0.1) is 70.6 Å². The zero-order chi connectivity index (χ0) is 70.7. The second kappa shape index (κ2) is 27.8. The highest BCUT2D eigenvalue weighted by molar-refractivity contribution is 8.19. The largest absolute Gasteiger partial charge is 0.378 e. The lowest BCUT2D eigenvalue weighted by Crippen LogP contribution is -2.54. The Balaban J connectivity index is 0.646. The Morgan fingerprint density at radius 2 is 0.588 bits per heavy atom. The lowest BCUT2D eigenvalue weighted by molar-refractivity contribution is -0.230. The Morgan fingerprint density at radius 3 is 0.833 bits per heavy atom. The van der Waals surface area contributed by atoms with Crippen molar-refractivity contribution in [3.63, 3.8) is 0 Å². The van der Waals surface area contributed by atoms with Crippen molar-refractivity contribution in [1.29, 1.82) is 0 Å². The van der Waals surface area contributed by atoms with Gasteiger partial charge < -0.3 is 59.7 Å². The van der Waals surface area contributed by atoms with Gasteiger partial charge in [-0.25, -0.2) is 0 Å². The quantitative estimate of drug-likeness (QED) is 0.0673. The molecular weight excluding hydrogens is 1460 g/mol. The molecule has 102 heavy (non-hydrogen) atoms. The van der Waals surface area contributed by atoms with Gasteiger partial charge in [-0.2, -0.15) is 0 Å². The van der Waals surface area contributed by atoms with Crippen molar-refractivity contribution in [2.45, 2.75) is 138 Å². The molecule has 24 heteroatoms. The Labute approximate surface area is 633 Å². The molecule has 0 aliphatic carbocycles. The maximum absolute atomic E-state index is 13.5. The summed E-state index contributed by atoms with van der Waals surface area (Å²) in [5.41, 5.74) is 3.79. The van der Waals surface area contributed by atoms with Crippen LogP contribution in [0.3, 0.4) is 0 Å². The van der Waals surface area contributed by atoms with Crippen molar-refractivity contribution in [1.82, 2.24) is 0 Å². The molecule has 3 spiro atoms. The van der Waals surface area contributed by atoms with Gasteiger partial charge >= 0.3 is 0 Å². The minimum Gasteiger partial charge on any atom is -0.378 e. The SMILES string of the molecule is CCC(=O)Nc1ccc2c(c1)C(O)(C1(C)SCC3(COC(c4cc(C5OCC6(CO5)CSC(C)(C5(O)c7ccccc7Sc7ccc(NC(=O)CC)cc75)SC6)cc(C5OCC6(CO5)CSC(C)(C5(O)c7ccccc7Sc7ccc(NC(=O)CC)cc75)SC6)c4)OC3)CS1)c1ccccc1S2. The summed E-state index contributed by atoms with van der Waals surface area (Å²) in [6.07, 6.45) is -1.22. The Hall–Kier alpha value is -4.26. The molecule has 7 aromatic rings. The van der Waals surface area contributed by atoms with E-state index in [0.717, 1.165) is 79.4 Å². The summed E-state index contributed by atoms with van der Waals surface area (Å²) in [5.74, 6) is 3.69. The number of carbonyl (C=O) groups excluding carboxylic acids is 3. The van der Waals surface area contributed by atoms with Gasteiger partial charge in [0.2, 0.25) is 17.7 Å². The van der Waals surface area contributed by atoms with E-state index >= 15 is 0 Å². The summed E-state index contributed by atoms with van der Waals surface area (Å²) in [5, 5.41) is 49.6. The topological polar surface area (TPSA) is 203 Å². The number of benzene rings is 7. The monoisotopic (exact) mass is 1540 g/mol. The highest BCUT2D eigenvalue weighted by Gasteiger charge is 2.62. The Bertz CT molecular complexity index is 3980. The van der Waals surface area contributed by atoms with E-state index in [4.69, 9.17) is 28.4 Å². The number of aliphatic hydroxyl groups is 3. The minimum absolute atomic E-state index is 0.0903. The van der Waals surface area contributed by atoms with Gasteiger partial charge in [0.25, 0.3) is 0 Å². The predicted molar refractivity (Wildman–Crippen MR) is 414 cm³/mol. The van der Waals surface area contributed by atoms with Gasteiger partial charge in [0.05, 0.1) is 51.9 Å². The van der Waals surface area contributed by atoms with Gasteiger partial charge in [0.1, 0.15) is 16.8 Å². The fraction of sp³-hybridized carbons (Fsp3) is 0.423. The van der Waals surface area contributed by atoms with Crippen molar-refractivity contribution in [3.05, 3.63) is 196 Å². The summed E-state index contributed by atoms with van der Waals surface area (Å²) in [6, 6.07) is 48.1. The summed E-state index contributed by atoms with van der Waals surface area (Å²) in [6.45, 7) is 14.4. The van der Waals surface area contributed by atoms with E-state index in [1.165, 1.54) is 0 Å². The van der Waals surface area contributed by atoms with Crippen molar-refractivity contribution < 1.29 is 58.1 Å². The molecule has 6 fully saturated rings. The van der Waals surface area contributed by atoms with Crippen LogP contribution in [0, 0.1) is 16.2 Å². The van der Waals surface area contributed by atoms with E-state index in [0.29, 0.717) is 110 Å². The highest BCUT2D eigenvalue weighted by Crippen LogP contribution is 2.68. The van der Waals surface area contributed by atoms with Gasteiger partial charge in [-0.3, -0.25) is 14.4 Å². The van der Waals surface area contributed by atoms with E-state index < -0.39 is 47.9 Å². The summed E-state index contributed by atoms with van der Waals surface area (Å²) in [7, 11) is 0. The second-order valence-corrected chi connectivity index (χ2v) is 41.0. The number of anilines is 3. The number of thioether (sulfide) groups is 6. The first-order valence-electron chi connectivity index (χ1n) is 34.6.